The van der Waals surface area contributed by atoms with Crippen molar-refractivity contribution in [3.63, 3.8) is 0 Å². The van der Waals surface area contributed by atoms with Gasteiger partial charge in [-0.1, -0.05) is 25.1 Å². The molecule has 0 aromatic heterocycles. The molecule has 0 spiro atoms. The molecule has 0 amide bonds. The van der Waals surface area contributed by atoms with Gasteiger partial charge in [0.05, 0.1) is 11.3 Å². The fourth-order valence-corrected chi connectivity index (χ4v) is 1.97. The normalized spacial score (nSPS) is 11.6. The van der Waals surface area contributed by atoms with Crippen LogP contribution in [0, 0.1) is 5.82 Å². The second-order valence-electron chi connectivity index (χ2n) is 4.11. The highest BCUT2D eigenvalue weighted by atomic mass is 19.1. The van der Waals surface area contributed by atoms with E-state index >= 15 is 0 Å². The van der Waals surface area contributed by atoms with E-state index in [9.17, 15) is 4.39 Å². The van der Waals surface area contributed by atoms with Crippen LogP contribution in [0.1, 0.15) is 32.3 Å². The molecule has 1 aromatic rings. The van der Waals surface area contributed by atoms with Crippen molar-refractivity contribution in [3.8, 4) is 0 Å². The predicted molar refractivity (Wildman–Crippen MR) is 71.7 cm³/mol. The molecular weight excluding hydrogens is 233 g/mol. The van der Waals surface area contributed by atoms with Crippen LogP contribution in [0.5, 0.6) is 0 Å². The zero-order chi connectivity index (χ0) is 13.5. The molecular formula is C13H20FN3O. The van der Waals surface area contributed by atoms with Gasteiger partial charge >= 0.3 is 0 Å². The van der Waals surface area contributed by atoms with E-state index in [4.69, 9.17) is 10.9 Å². The summed E-state index contributed by atoms with van der Waals surface area (Å²) in [5.74, 6) is -0.666. The average Bonchev–Trinajstić information content (AvgIpc) is 2.37. The van der Waals surface area contributed by atoms with Crippen molar-refractivity contribution >= 4 is 11.5 Å². The van der Waals surface area contributed by atoms with E-state index in [2.05, 4.69) is 23.9 Å². The maximum absolute atomic E-state index is 13.8. The van der Waals surface area contributed by atoms with Crippen LogP contribution in [0.2, 0.25) is 0 Å². The highest BCUT2D eigenvalue weighted by molar-refractivity contribution is 6.02. The minimum atomic E-state index is -0.472. The summed E-state index contributed by atoms with van der Waals surface area (Å²) in [5, 5.41) is 11.7. The molecule has 0 atom stereocenters. The van der Waals surface area contributed by atoms with Crippen LogP contribution in [0.4, 0.5) is 10.1 Å². The third-order valence-electron chi connectivity index (χ3n) is 2.68. The van der Waals surface area contributed by atoms with Gasteiger partial charge < -0.3 is 15.8 Å². The Bertz CT molecular complexity index is 415. The number of nitrogens with zero attached hydrogens (tertiary/aromatic N) is 2. The quantitative estimate of drug-likeness (QED) is 0.354. The minimum Gasteiger partial charge on any atom is -0.409 e. The van der Waals surface area contributed by atoms with Crippen LogP contribution >= 0.6 is 0 Å². The highest BCUT2D eigenvalue weighted by Crippen LogP contribution is 2.23. The van der Waals surface area contributed by atoms with Crippen LogP contribution < -0.4 is 10.6 Å². The average molecular weight is 253 g/mol. The molecule has 100 valence electrons. The molecule has 5 heteroatoms. The van der Waals surface area contributed by atoms with Gasteiger partial charge in [0.15, 0.2) is 5.84 Å². The van der Waals surface area contributed by atoms with Crippen LogP contribution in [-0.2, 0) is 0 Å². The van der Waals surface area contributed by atoms with Gasteiger partial charge in [-0.3, -0.25) is 0 Å². The van der Waals surface area contributed by atoms with E-state index in [0.717, 1.165) is 25.9 Å². The standard InChI is InChI=1S/C13H20FN3O/c1-3-8-17(9-4-2)11-7-5-6-10(14)12(11)13(15)16-18/h5-7,18H,3-4,8-9H2,1-2H3,(H2,15,16). The zero-order valence-corrected chi connectivity index (χ0v) is 10.9. The van der Waals surface area contributed by atoms with Gasteiger partial charge in [-0.15, -0.1) is 0 Å². The van der Waals surface area contributed by atoms with E-state index in [0.29, 0.717) is 5.69 Å². The molecule has 0 bridgehead atoms. The first kappa shape index (κ1) is 14.3. The van der Waals surface area contributed by atoms with Crippen LogP contribution in [-0.4, -0.2) is 24.1 Å². The summed E-state index contributed by atoms with van der Waals surface area (Å²) >= 11 is 0. The third-order valence-corrected chi connectivity index (χ3v) is 2.68. The molecule has 0 unspecified atom stereocenters. The summed E-state index contributed by atoms with van der Waals surface area (Å²) in [6, 6.07) is 4.74. The number of hydrogen-bond acceptors (Lipinski definition) is 3. The number of hydrogen-bond donors (Lipinski definition) is 2. The van der Waals surface area contributed by atoms with Crippen LogP contribution in [0.15, 0.2) is 23.4 Å². The first-order valence-electron chi connectivity index (χ1n) is 6.17. The molecule has 4 nitrogen and oxygen atoms in total. The van der Waals surface area contributed by atoms with Gasteiger partial charge in [0, 0.05) is 13.1 Å². The maximum Gasteiger partial charge on any atom is 0.175 e. The number of nitrogens with two attached hydrogens (primary N) is 1. The van der Waals surface area contributed by atoms with E-state index in [-0.39, 0.29) is 11.4 Å². The van der Waals surface area contributed by atoms with Gasteiger partial charge in [-0.05, 0) is 25.0 Å². The zero-order valence-electron chi connectivity index (χ0n) is 10.9. The Morgan fingerprint density at radius 1 is 1.33 bits per heavy atom. The summed E-state index contributed by atoms with van der Waals surface area (Å²) in [7, 11) is 0. The predicted octanol–water partition coefficient (Wildman–Crippen LogP) is 2.55. The summed E-state index contributed by atoms with van der Waals surface area (Å²) in [6.45, 7) is 5.74. The minimum absolute atomic E-state index is 0.168. The van der Waals surface area contributed by atoms with Crippen molar-refractivity contribution in [1.29, 1.82) is 0 Å². The molecule has 0 aliphatic heterocycles. The van der Waals surface area contributed by atoms with Crippen molar-refractivity contribution in [2.75, 3.05) is 18.0 Å². The number of rotatable bonds is 6. The van der Waals surface area contributed by atoms with Crippen molar-refractivity contribution in [2.45, 2.75) is 26.7 Å². The topological polar surface area (TPSA) is 61.8 Å². The summed E-state index contributed by atoms with van der Waals surface area (Å²) in [5.41, 5.74) is 6.40. The Hall–Kier alpha value is -1.78. The van der Waals surface area contributed by atoms with Crippen molar-refractivity contribution in [3.05, 3.63) is 29.6 Å². The molecule has 0 saturated heterocycles. The number of halogens is 1. The Balaban J connectivity index is 3.24. The lowest BCUT2D eigenvalue weighted by Gasteiger charge is -2.26. The Labute approximate surface area is 107 Å². The van der Waals surface area contributed by atoms with Crippen molar-refractivity contribution < 1.29 is 9.60 Å². The van der Waals surface area contributed by atoms with E-state index in [1.165, 1.54) is 6.07 Å². The molecule has 0 saturated carbocycles. The van der Waals surface area contributed by atoms with E-state index in [1.807, 2.05) is 0 Å². The maximum atomic E-state index is 13.8. The summed E-state index contributed by atoms with van der Waals surface area (Å²) in [6.07, 6.45) is 1.90. The molecule has 0 aliphatic rings. The van der Waals surface area contributed by atoms with Crippen LogP contribution in [0.25, 0.3) is 0 Å². The number of amidine groups is 1. The van der Waals surface area contributed by atoms with Gasteiger partial charge in [0.25, 0.3) is 0 Å². The molecule has 0 radical (unpaired) electrons. The number of anilines is 1. The number of oxime groups is 1. The monoisotopic (exact) mass is 253 g/mol. The van der Waals surface area contributed by atoms with Crippen LogP contribution in [0.3, 0.4) is 0 Å². The Morgan fingerprint density at radius 2 is 1.94 bits per heavy atom. The molecule has 1 aromatic carbocycles. The lowest BCUT2D eigenvalue weighted by atomic mass is 10.1. The van der Waals surface area contributed by atoms with Crippen molar-refractivity contribution in [1.82, 2.24) is 0 Å². The SMILES string of the molecule is CCCN(CCC)c1cccc(F)c1C(N)=NO. The lowest BCUT2D eigenvalue weighted by molar-refractivity contribution is 0.318. The first-order chi connectivity index (χ1) is 8.65. The number of benzene rings is 1. The van der Waals surface area contributed by atoms with E-state index < -0.39 is 5.82 Å². The molecule has 0 heterocycles. The smallest absolute Gasteiger partial charge is 0.175 e. The highest BCUT2D eigenvalue weighted by Gasteiger charge is 2.17. The van der Waals surface area contributed by atoms with E-state index in [1.54, 1.807) is 12.1 Å². The molecule has 1 rings (SSSR count). The molecule has 18 heavy (non-hydrogen) atoms. The summed E-state index contributed by atoms with van der Waals surface area (Å²) in [4.78, 5) is 2.05. The van der Waals surface area contributed by atoms with Gasteiger partial charge in [-0.25, -0.2) is 4.39 Å². The largest absolute Gasteiger partial charge is 0.409 e. The van der Waals surface area contributed by atoms with Gasteiger partial charge in [0.1, 0.15) is 5.82 Å². The van der Waals surface area contributed by atoms with Gasteiger partial charge in [0.2, 0.25) is 0 Å². The fraction of sp³-hybridized carbons (Fsp3) is 0.462. The van der Waals surface area contributed by atoms with Crippen molar-refractivity contribution in [2.24, 2.45) is 10.9 Å². The summed E-state index contributed by atoms with van der Waals surface area (Å²) < 4.78 is 13.8. The van der Waals surface area contributed by atoms with Gasteiger partial charge in [-0.2, -0.15) is 0 Å². The third kappa shape index (κ3) is 3.12. The second kappa shape index (κ2) is 6.83. The Morgan fingerprint density at radius 3 is 2.44 bits per heavy atom. The second-order valence-corrected chi connectivity index (χ2v) is 4.11. The molecule has 0 aliphatic carbocycles. The lowest BCUT2D eigenvalue weighted by Crippen LogP contribution is -2.29. The molecule has 0 fully saturated rings. The fourth-order valence-electron chi connectivity index (χ4n) is 1.97. The molecule has 3 N–H and O–H groups in total. The Kier molecular flexibility index (Phi) is 5.42. The first-order valence-corrected chi connectivity index (χ1v) is 6.17.